The molecule has 150 valence electrons. The van der Waals surface area contributed by atoms with E-state index in [0.29, 0.717) is 16.4 Å². The fraction of sp³-hybridized carbons (Fsp3) is 0.0455. The number of rotatable bonds is 5. The third kappa shape index (κ3) is 4.61. The van der Waals surface area contributed by atoms with E-state index in [1.165, 1.54) is 16.3 Å². The normalized spacial score (nSPS) is 11.2. The summed E-state index contributed by atoms with van der Waals surface area (Å²) in [7, 11) is 1.57. The molecule has 0 unspecified atom stereocenters. The van der Waals surface area contributed by atoms with Gasteiger partial charge in [0.2, 0.25) is 5.13 Å². The van der Waals surface area contributed by atoms with Crippen LogP contribution in [-0.4, -0.2) is 24.2 Å². The topological polar surface area (TPSA) is 54.8 Å². The molecule has 0 bridgehead atoms. The molecule has 0 radical (unpaired) electrons. The first kappa shape index (κ1) is 20.7. The lowest BCUT2D eigenvalue weighted by Gasteiger charge is -2.14. The molecule has 1 heterocycles. The number of fused-ring (bicyclic) bond motifs is 1. The van der Waals surface area contributed by atoms with E-state index in [1.54, 1.807) is 37.6 Å². The molecule has 4 aromatic rings. The summed E-state index contributed by atoms with van der Waals surface area (Å²) in [6.07, 6.45) is 1.65. The predicted molar refractivity (Wildman–Crippen MR) is 129 cm³/mol. The van der Waals surface area contributed by atoms with E-state index in [1.807, 2.05) is 42.5 Å². The van der Waals surface area contributed by atoms with Crippen LogP contribution in [0.1, 0.15) is 15.9 Å². The van der Waals surface area contributed by atoms with Gasteiger partial charge in [-0.15, -0.1) is 0 Å². The summed E-state index contributed by atoms with van der Waals surface area (Å²) in [6.45, 7) is 0. The zero-order valence-corrected chi connectivity index (χ0v) is 19.7. The van der Waals surface area contributed by atoms with Crippen LogP contribution in [0.15, 0.2) is 80.8 Å². The van der Waals surface area contributed by atoms with Crippen molar-refractivity contribution in [3.05, 3.63) is 86.8 Å². The number of carbonyl (C=O) groups excluding carboxylic acids is 1. The maximum Gasteiger partial charge on any atom is 0.280 e. The molecule has 8 heteroatoms. The number of thiazole rings is 1. The Morgan fingerprint density at radius 3 is 2.60 bits per heavy atom. The van der Waals surface area contributed by atoms with E-state index >= 15 is 0 Å². The Hall–Kier alpha value is -2.55. The number of anilines is 1. The van der Waals surface area contributed by atoms with E-state index in [9.17, 15) is 4.79 Å². The number of hydrazone groups is 1. The van der Waals surface area contributed by atoms with Crippen LogP contribution < -0.4 is 9.75 Å². The zero-order valence-electron chi connectivity index (χ0n) is 15.8. The Balaban J connectivity index is 1.76. The maximum atomic E-state index is 13.3. The third-order valence-electron chi connectivity index (χ3n) is 4.22. The number of ether oxygens (including phenoxy) is 1. The van der Waals surface area contributed by atoms with Gasteiger partial charge in [-0.2, -0.15) is 10.1 Å². The van der Waals surface area contributed by atoms with Crippen molar-refractivity contribution >= 4 is 70.7 Å². The van der Waals surface area contributed by atoms with E-state index in [2.05, 4.69) is 41.9 Å². The van der Waals surface area contributed by atoms with Gasteiger partial charge >= 0.3 is 0 Å². The van der Waals surface area contributed by atoms with Gasteiger partial charge in [0.25, 0.3) is 5.91 Å². The second kappa shape index (κ2) is 9.07. The van der Waals surface area contributed by atoms with Gasteiger partial charge in [0.15, 0.2) is 0 Å². The monoisotopic (exact) mass is 543 g/mol. The Morgan fingerprint density at radius 2 is 1.83 bits per heavy atom. The molecule has 0 spiro atoms. The van der Waals surface area contributed by atoms with E-state index in [4.69, 9.17) is 4.74 Å². The zero-order chi connectivity index (χ0) is 21.1. The first-order chi connectivity index (χ1) is 14.5. The smallest absolute Gasteiger partial charge is 0.280 e. The van der Waals surface area contributed by atoms with Crippen molar-refractivity contribution < 1.29 is 9.53 Å². The molecule has 3 aromatic carbocycles. The third-order valence-corrected chi connectivity index (χ3v) is 6.24. The number of nitrogens with zero attached hydrogens (tertiary/aromatic N) is 3. The summed E-state index contributed by atoms with van der Waals surface area (Å²) >= 11 is 8.30. The number of amides is 1. The summed E-state index contributed by atoms with van der Waals surface area (Å²) in [5.41, 5.74) is 2.13. The molecule has 0 saturated heterocycles. The van der Waals surface area contributed by atoms with Crippen LogP contribution in [0.3, 0.4) is 0 Å². The molecule has 0 aliphatic carbocycles. The molecule has 5 nitrogen and oxygen atoms in total. The highest BCUT2D eigenvalue weighted by atomic mass is 79.9. The summed E-state index contributed by atoms with van der Waals surface area (Å²) in [4.78, 5) is 18.0. The van der Waals surface area contributed by atoms with Gasteiger partial charge in [-0.1, -0.05) is 61.4 Å². The Labute approximate surface area is 194 Å². The number of benzene rings is 3. The van der Waals surface area contributed by atoms with Crippen molar-refractivity contribution in [2.45, 2.75) is 0 Å². The van der Waals surface area contributed by atoms with Gasteiger partial charge in [0, 0.05) is 14.5 Å². The summed E-state index contributed by atoms with van der Waals surface area (Å²) in [5, 5.41) is 6.30. The van der Waals surface area contributed by atoms with Crippen LogP contribution in [0, 0.1) is 0 Å². The van der Waals surface area contributed by atoms with Crippen molar-refractivity contribution in [1.29, 1.82) is 0 Å². The standard InChI is InChI=1S/C22H15Br2N3O2S/c1-29-18-4-2-3-15(11-18)21(28)27(25-13-14-5-7-16(23)8-6-14)22-26-19-10-9-17(24)12-20(19)30-22/h2-13H,1H3/b25-13+. The SMILES string of the molecule is COc1cccc(C(=O)N(/N=C/c2ccc(Br)cc2)c2nc3ccc(Br)cc3s2)c1. The van der Waals surface area contributed by atoms with Crippen molar-refractivity contribution in [3.8, 4) is 5.75 Å². The molecule has 0 N–H and O–H groups in total. The molecule has 0 fully saturated rings. The fourth-order valence-electron chi connectivity index (χ4n) is 2.72. The second-order valence-electron chi connectivity index (χ2n) is 6.25. The van der Waals surface area contributed by atoms with Crippen molar-refractivity contribution in [2.75, 3.05) is 12.1 Å². The molecule has 30 heavy (non-hydrogen) atoms. The number of aromatic nitrogens is 1. The molecular weight excluding hydrogens is 530 g/mol. The van der Waals surface area contributed by atoms with Crippen LogP contribution in [0.2, 0.25) is 0 Å². The average molecular weight is 545 g/mol. The molecular formula is C22H15Br2N3O2S. The van der Waals surface area contributed by atoms with Gasteiger partial charge in [0.05, 0.1) is 23.5 Å². The highest BCUT2D eigenvalue weighted by Crippen LogP contribution is 2.32. The van der Waals surface area contributed by atoms with Gasteiger partial charge in [0.1, 0.15) is 5.75 Å². The molecule has 0 saturated carbocycles. The molecule has 0 aliphatic rings. The first-order valence-electron chi connectivity index (χ1n) is 8.87. The van der Waals surface area contributed by atoms with E-state index in [-0.39, 0.29) is 5.91 Å². The number of carbonyl (C=O) groups is 1. The van der Waals surface area contributed by atoms with Crippen LogP contribution in [-0.2, 0) is 0 Å². The first-order valence-corrected chi connectivity index (χ1v) is 11.3. The molecule has 1 amide bonds. The summed E-state index contributed by atoms with van der Waals surface area (Å²) in [6, 6.07) is 20.5. The predicted octanol–water partition coefficient (Wildman–Crippen LogP) is 6.51. The maximum absolute atomic E-state index is 13.3. The highest BCUT2D eigenvalue weighted by molar-refractivity contribution is 9.10. The lowest BCUT2D eigenvalue weighted by molar-refractivity contribution is 0.0987. The van der Waals surface area contributed by atoms with Gasteiger partial charge in [-0.25, -0.2) is 4.98 Å². The van der Waals surface area contributed by atoms with Crippen LogP contribution in [0.4, 0.5) is 5.13 Å². The minimum Gasteiger partial charge on any atom is -0.497 e. The largest absolute Gasteiger partial charge is 0.497 e. The quantitative estimate of drug-likeness (QED) is 0.212. The van der Waals surface area contributed by atoms with Crippen LogP contribution in [0.25, 0.3) is 10.2 Å². The lowest BCUT2D eigenvalue weighted by atomic mass is 10.2. The van der Waals surface area contributed by atoms with Gasteiger partial charge in [-0.05, 0) is 54.1 Å². The Bertz CT molecular complexity index is 1240. The van der Waals surface area contributed by atoms with E-state index < -0.39 is 0 Å². The molecule has 0 aliphatic heterocycles. The number of hydrogen-bond acceptors (Lipinski definition) is 5. The summed E-state index contributed by atoms with van der Waals surface area (Å²) < 4.78 is 8.15. The highest BCUT2D eigenvalue weighted by Gasteiger charge is 2.21. The second-order valence-corrected chi connectivity index (χ2v) is 9.09. The average Bonchev–Trinajstić information content (AvgIpc) is 3.17. The minimum absolute atomic E-state index is 0.291. The van der Waals surface area contributed by atoms with Crippen molar-refractivity contribution in [3.63, 3.8) is 0 Å². The summed E-state index contributed by atoms with van der Waals surface area (Å²) in [5.74, 6) is 0.311. The number of hydrogen-bond donors (Lipinski definition) is 0. The van der Waals surface area contributed by atoms with Crippen LogP contribution in [0.5, 0.6) is 5.75 Å². The Morgan fingerprint density at radius 1 is 1.07 bits per heavy atom. The van der Waals surface area contributed by atoms with Gasteiger partial charge < -0.3 is 4.74 Å². The van der Waals surface area contributed by atoms with Gasteiger partial charge in [-0.3, -0.25) is 4.79 Å². The fourth-order valence-corrected chi connectivity index (χ4v) is 4.46. The molecule has 4 rings (SSSR count). The van der Waals surface area contributed by atoms with Crippen molar-refractivity contribution in [2.24, 2.45) is 5.10 Å². The minimum atomic E-state index is -0.291. The van der Waals surface area contributed by atoms with E-state index in [0.717, 1.165) is 24.7 Å². The van der Waals surface area contributed by atoms with Crippen molar-refractivity contribution in [1.82, 2.24) is 4.98 Å². The Kier molecular flexibility index (Phi) is 6.26. The lowest BCUT2D eigenvalue weighted by Crippen LogP contribution is -2.25. The van der Waals surface area contributed by atoms with Crippen LogP contribution >= 0.6 is 43.2 Å². The number of methoxy groups -OCH3 is 1. The molecule has 1 aromatic heterocycles. The number of halogens is 2. The molecule has 0 atom stereocenters.